The number of rotatable bonds is 13. The minimum Gasteiger partial charge on any atom is -0.493 e. The van der Waals surface area contributed by atoms with Gasteiger partial charge in [-0.3, -0.25) is 14.9 Å². The number of benzene rings is 1. The number of nitro groups is 1. The number of amides is 1. The molecule has 0 aliphatic carbocycles. The van der Waals surface area contributed by atoms with E-state index in [9.17, 15) is 23.3 Å². The number of unbranched alkanes of at least 4 members (excludes halogenated alkanes) is 2. The maximum Gasteiger partial charge on any atom is 0.296 e. The van der Waals surface area contributed by atoms with Crippen LogP contribution in [0, 0.1) is 10.1 Å². The second-order valence-electron chi connectivity index (χ2n) is 6.63. The third kappa shape index (κ3) is 8.22. The predicted molar refractivity (Wildman–Crippen MR) is 108 cm³/mol. The van der Waals surface area contributed by atoms with Crippen molar-refractivity contribution in [2.45, 2.75) is 58.1 Å². The smallest absolute Gasteiger partial charge is 0.296 e. The van der Waals surface area contributed by atoms with Gasteiger partial charge in [0.1, 0.15) is 11.4 Å². The number of anilines is 1. The molecule has 158 valence electrons. The molecule has 9 nitrogen and oxygen atoms in total. The number of sulfonamides is 1. The monoisotopic (exact) mass is 415 g/mol. The summed E-state index contributed by atoms with van der Waals surface area (Å²) >= 11 is 0. The molecule has 0 spiro atoms. The molecule has 0 saturated heterocycles. The number of nitrogens with one attached hydrogen (secondary N) is 2. The summed E-state index contributed by atoms with van der Waals surface area (Å²) in [5.41, 5.74) is -0.120. The summed E-state index contributed by atoms with van der Waals surface area (Å²) < 4.78 is 31.2. The number of carbonyl (C=O) groups is 1. The summed E-state index contributed by atoms with van der Waals surface area (Å²) in [7, 11) is -3.31. The van der Waals surface area contributed by atoms with E-state index in [-0.39, 0.29) is 30.2 Å². The van der Waals surface area contributed by atoms with E-state index in [0.717, 1.165) is 12.8 Å². The second kappa shape index (κ2) is 11.6. The van der Waals surface area contributed by atoms with Gasteiger partial charge < -0.3 is 10.1 Å². The van der Waals surface area contributed by atoms with Crippen molar-refractivity contribution >= 4 is 27.3 Å². The fourth-order valence-corrected chi connectivity index (χ4v) is 2.96. The molecule has 28 heavy (non-hydrogen) atoms. The first kappa shape index (κ1) is 23.8. The predicted octanol–water partition coefficient (Wildman–Crippen LogP) is 3.21. The Bertz CT molecular complexity index is 765. The van der Waals surface area contributed by atoms with Gasteiger partial charge in [0.15, 0.2) is 0 Å². The molecule has 0 saturated carbocycles. The molecular formula is C18H29N3O6S. The number of ether oxygens (including phenoxy) is 1. The van der Waals surface area contributed by atoms with Gasteiger partial charge in [-0.1, -0.05) is 13.3 Å². The molecule has 0 heterocycles. The Morgan fingerprint density at radius 2 is 1.96 bits per heavy atom. The molecule has 0 fully saturated rings. The summed E-state index contributed by atoms with van der Waals surface area (Å²) in [5.74, 6) is 0.0186. The number of hydrogen-bond donors (Lipinski definition) is 2. The van der Waals surface area contributed by atoms with E-state index in [4.69, 9.17) is 4.74 Å². The molecule has 0 aromatic heterocycles. The summed E-state index contributed by atoms with van der Waals surface area (Å²) in [6.45, 7) is 5.91. The molecule has 10 heteroatoms. The Morgan fingerprint density at radius 1 is 1.25 bits per heavy atom. The number of nitrogens with zero attached hydrogens (tertiary/aromatic N) is 1. The topological polar surface area (TPSA) is 128 Å². The molecule has 0 aliphatic rings. The zero-order chi connectivity index (χ0) is 21.2. The number of carbonyl (C=O) groups excluding carboxylic acids is 1. The second-order valence-corrected chi connectivity index (χ2v) is 8.95. The van der Waals surface area contributed by atoms with Crippen LogP contribution in [-0.2, 0) is 14.8 Å². The highest BCUT2D eigenvalue weighted by Crippen LogP contribution is 2.29. The first-order valence-corrected chi connectivity index (χ1v) is 10.9. The lowest BCUT2D eigenvalue weighted by Crippen LogP contribution is -2.31. The summed E-state index contributed by atoms with van der Waals surface area (Å²) in [4.78, 5) is 22.7. The molecule has 0 bridgehead atoms. The zero-order valence-electron chi connectivity index (χ0n) is 16.6. The van der Waals surface area contributed by atoms with Crippen LogP contribution in [0.25, 0.3) is 0 Å². The van der Waals surface area contributed by atoms with Gasteiger partial charge >= 0.3 is 0 Å². The third-order valence-electron chi connectivity index (χ3n) is 3.96. The van der Waals surface area contributed by atoms with E-state index in [1.54, 1.807) is 19.9 Å². The van der Waals surface area contributed by atoms with Gasteiger partial charge in [0.05, 0.1) is 22.8 Å². The van der Waals surface area contributed by atoms with Crippen molar-refractivity contribution in [2.75, 3.05) is 18.5 Å². The Labute approximate surface area is 166 Å². The zero-order valence-corrected chi connectivity index (χ0v) is 17.4. The normalized spacial score (nSPS) is 11.4. The van der Waals surface area contributed by atoms with E-state index in [1.165, 1.54) is 12.1 Å². The van der Waals surface area contributed by atoms with Crippen molar-refractivity contribution in [1.29, 1.82) is 0 Å². The third-order valence-corrected chi connectivity index (χ3v) is 5.81. The highest BCUT2D eigenvalue weighted by atomic mass is 32.2. The quantitative estimate of drug-likeness (QED) is 0.289. The highest BCUT2D eigenvalue weighted by molar-refractivity contribution is 7.90. The van der Waals surface area contributed by atoms with Gasteiger partial charge in [0.2, 0.25) is 15.9 Å². The maximum absolute atomic E-state index is 12.0. The summed E-state index contributed by atoms with van der Waals surface area (Å²) in [5, 5.41) is 13.3. The minimum atomic E-state index is -3.31. The van der Waals surface area contributed by atoms with Crippen LogP contribution in [0.5, 0.6) is 5.75 Å². The largest absolute Gasteiger partial charge is 0.493 e. The van der Waals surface area contributed by atoms with E-state index >= 15 is 0 Å². The van der Waals surface area contributed by atoms with Crippen LogP contribution in [0.4, 0.5) is 11.4 Å². The molecule has 1 aromatic rings. The molecule has 1 rings (SSSR count). The fourth-order valence-electron chi connectivity index (χ4n) is 2.20. The van der Waals surface area contributed by atoms with Crippen molar-refractivity contribution in [3.63, 3.8) is 0 Å². The van der Waals surface area contributed by atoms with Gasteiger partial charge in [-0.2, -0.15) is 0 Å². The fraction of sp³-hybridized carbons (Fsp3) is 0.611. The number of nitro benzene ring substituents is 1. The average Bonchev–Trinajstić information content (AvgIpc) is 2.62. The lowest BCUT2D eigenvalue weighted by Gasteiger charge is -2.10. The van der Waals surface area contributed by atoms with Crippen molar-refractivity contribution in [1.82, 2.24) is 4.72 Å². The van der Waals surface area contributed by atoms with Crippen LogP contribution >= 0.6 is 0 Å². The molecule has 0 unspecified atom stereocenters. The lowest BCUT2D eigenvalue weighted by atomic mass is 10.2. The number of hydrogen-bond acceptors (Lipinski definition) is 6. The Morgan fingerprint density at radius 3 is 2.57 bits per heavy atom. The van der Waals surface area contributed by atoms with E-state index in [2.05, 4.69) is 10.0 Å². The van der Waals surface area contributed by atoms with E-state index < -0.39 is 20.2 Å². The van der Waals surface area contributed by atoms with Crippen molar-refractivity contribution in [2.24, 2.45) is 0 Å². The van der Waals surface area contributed by atoms with Crippen LogP contribution in [0.1, 0.15) is 52.9 Å². The van der Waals surface area contributed by atoms with Gasteiger partial charge in [-0.15, -0.1) is 0 Å². The Hall–Kier alpha value is -2.20. The van der Waals surface area contributed by atoms with Crippen LogP contribution in [0.2, 0.25) is 0 Å². The lowest BCUT2D eigenvalue weighted by molar-refractivity contribution is -0.384. The summed E-state index contributed by atoms with van der Waals surface area (Å²) in [6.07, 6.45) is 2.88. The maximum atomic E-state index is 12.0. The Kier molecular flexibility index (Phi) is 9.88. The van der Waals surface area contributed by atoms with E-state index in [1.807, 2.05) is 6.92 Å². The van der Waals surface area contributed by atoms with Crippen molar-refractivity contribution in [3.05, 3.63) is 28.3 Å². The standard InChI is InChI=1S/C18H29N3O6S/c1-4-5-12-27-15-9-10-16(17(13-15)21(23)24)20-18(22)8-6-7-11-19-28(25,26)14(2)3/h9-10,13-14,19H,4-8,11-12H2,1-3H3,(H,20,22). The SMILES string of the molecule is CCCCOc1ccc(NC(=O)CCCCNS(=O)(=O)C(C)C)c([N+](=O)[O-])c1. The summed E-state index contributed by atoms with van der Waals surface area (Å²) in [6, 6.07) is 4.33. The minimum absolute atomic E-state index is 0.110. The van der Waals surface area contributed by atoms with Crippen LogP contribution < -0.4 is 14.8 Å². The molecular weight excluding hydrogens is 386 g/mol. The molecule has 2 N–H and O–H groups in total. The Balaban J connectivity index is 2.53. The van der Waals surface area contributed by atoms with E-state index in [0.29, 0.717) is 25.2 Å². The molecule has 0 aliphatic heterocycles. The molecule has 1 amide bonds. The van der Waals surface area contributed by atoms with Gasteiger partial charge in [0, 0.05) is 13.0 Å². The highest BCUT2D eigenvalue weighted by Gasteiger charge is 2.18. The van der Waals surface area contributed by atoms with Gasteiger partial charge in [-0.05, 0) is 45.2 Å². The molecule has 1 aromatic carbocycles. The average molecular weight is 416 g/mol. The van der Waals surface area contributed by atoms with Crippen LogP contribution in [0.3, 0.4) is 0 Å². The first-order valence-electron chi connectivity index (χ1n) is 9.37. The molecule has 0 atom stereocenters. The first-order chi connectivity index (χ1) is 13.2. The van der Waals surface area contributed by atoms with Crippen LogP contribution in [-0.4, -0.2) is 37.6 Å². The molecule has 0 radical (unpaired) electrons. The van der Waals surface area contributed by atoms with Gasteiger partial charge in [-0.25, -0.2) is 13.1 Å². The van der Waals surface area contributed by atoms with Crippen LogP contribution in [0.15, 0.2) is 18.2 Å². The van der Waals surface area contributed by atoms with Crippen molar-refractivity contribution in [3.8, 4) is 5.75 Å². The van der Waals surface area contributed by atoms with Crippen molar-refractivity contribution < 1.29 is 22.9 Å². The van der Waals surface area contributed by atoms with Gasteiger partial charge in [0.25, 0.3) is 5.69 Å².